The standard InChI is InChI=1S/C25H46O6/c1-5-8-9-13-21(26)16-14-20-15-17-22(27)25(20,24(29)31-7-3)18-11-10-12-19(4)23(28)30-6-2/h19-22,26-27H,5-18H2,1-4H3. The van der Waals surface area contributed by atoms with E-state index in [1.807, 2.05) is 6.92 Å². The summed E-state index contributed by atoms with van der Waals surface area (Å²) in [5.74, 6) is -0.631. The first-order valence-electron chi connectivity index (χ1n) is 12.5. The number of ether oxygens (including phenoxy) is 2. The highest BCUT2D eigenvalue weighted by molar-refractivity contribution is 5.78. The smallest absolute Gasteiger partial charge is 0.314 e. The van der Waals surface area contributed by atoms with Crippen molar-refractivity contribution < 1.29 is 29.3 Å². The fraction of sp³-hybridized carbons (Fsp3) is 0.920. The molecule has 1 aliphatic rings. The fourth-order valence-corrected chi connectivity index (χ4v) is 5.03. The van der Waals surface area contributed by atoms with Gasteiger partial charge >= 0.3 is 11.9 Å². The van der Waals surface area contributed by atoms with Gasteiger partial charge in [-0.1, -0.05) is 46.0 Å². The van der Waals surface area contributed by atoms with E-state index < -0.39 is 11.5 Å². The molecule has 6 heteroatoms. The van der Waals surface area contributed by atoms with Crippen molar-refractivity contribution in [2.45, 2.75) is 117 Å². The summed E-state index contributed by atoms with van der Waals surface area (Å²) < 4.78 is 10.5. The highest BCUT2D eigenvalue weighted by atomic mass is 16.5. The van der Waals surface area contributed by atoms with Gasteiger partial charge < -0.3 is 19.7 Å². The van der Waals surface area contributed by atoms with Crippen LogP contribution in [0.5, 0.6) is 0 Å². The van der Waals surface area contributed by atoms with E-state index in [0.717, 1.165) is 51.4 Å². The van der Waals surface area contributed by atoms with Crippen LogP contribution in [0.15, 0.2) is 0 Å². The van der Waals surface area contributed by atoms with Crippen molar-refractivity contribution in [1.82, 2.24) is 0 Å². The van der Waals surface area contributed by atoms with Gasteiger partial charge in [-0.2, -0.15) is 0 Å². The molecule has 0 heterocycles. The Morgan fingerprint density at radius 2 is 1.65 bits per heavy atom. The van der Waals surface area contributed by atoms with Gasteiger partial charge in [0, 0.05) is 0 Å². The van der Waals surface area contributed by atoms with Gasteiger partial charge in [0.05, 0.1) is 36.8 Å². The highest BCUT2D eigenvalue weighted by Crippen LogP contribution is 2.50. The van der Waals surface area contributed by atoms with Crippen LogP contribution >= 0.6 is 0 Å². The van der Waals surface area contributed by atoms with E-state index in [9.17, 15) is 19.8 Å². The lowest BCUT2D eigenvalue weighted by molar-refractivity contribution is -0.166. The third-order valence-electron chi connectivity index (χ3n) is 6.92. The summed E-state index contributed by atoms with van der Waals surface area (Å²) in [6, 6.07) is 0. The Balaban J connectivity index is 2.73. The molecule has 1 rings (SSSR count). The van der Waals surface area contributed by atoms with Crippen LogP contribution in [-0.2, 0) is 19.1 Å². The van der Waals surface area contributed by atoms with Gasteiger partial charge in [-0.15, -0.1) is 0 Å². The Hall–Kier alpha value is -1.14. The van der Waals surface area contributed by atoms with Crippen molar-refractivity contribution in [3.8, 4) is 0 Å². The van der Waals surface area contributed by atoms with Gasteiger partial charge in [0.25, 0.3) is 0 Å². The first kappa shape index (κ1) is 27.9. The van der Waals surface area contributed by atoms with Crippen LogP contribution in [0.2, 0.25) is 0 Å². The zero-order chi connectivity index (χ0) is 23.3. The minimum absolute atomic E-state index is 0.0184. The molecular formula is C25H46O6. The first-order valence-corrected chi connectivity index (χ1v) is 12.5. The zero-order valence-electron chi connectivity index (χ0n) is 20.2. The van der Waals surface area contributed by atoms with E-state index in [1.54, 1.807) is 13.8 Å². The Morgan fingerprint density at radius 3 is 2.29 bits per heavy atom. The van der Waals surface area contributed by atoms with Crippen molar-refractivity contribution in [3.63, 3.8) is 0 Å². The molecule has 6 nitrogen and oxygen atoms in total. The monoisotopic (exact) mass is 442 g/mol. The van der Waals surface area contributed by atoms with Gasteiger partial charge in [0.15, 0.2) is 0 Å². The highest BCUT2D eigenvalue weighted by Gasteiger charge is 2.55. The molecule has 1 fully saturated rings. The number of carbonyl (C=O) groups is 2. The number of aliphatic hydroxyl groups excluding tert-OH is 2. The lowest BCUT2D eigenvalue weighted by Crippen LogP contribution is -2.45. The third kappa shape index (κ3) is 8.38. The molecule has 0 aromatic rings. The van der Waals surface area contributed by atoms with Crippen LogP contribution in [0.3, 0.4) is 0 Å². The number of rotatable bonds is 16. The van der Waals surface area contributed by atoms with Crippen LogP contribution in [0.25, 0.3) is 0 Å². The summed E-state index contributed by atoms with van der Waals surface area (Å²) in [4.78, 5) is 24.9. The van der Waals surface area contributed by atoms with E-state index in [0.29, 0.717) is 38.9 Å². The maximum Gasteiger partial charge on any atom is 0.314 e. The minimum atomic E-state index is -0.897. The average molecular weight is 443 g/mol. The Morgan fingerprint density at radius 1 is 0.968 bits per heavy atom. The van der Waals surface area contributed by atoms with Crippen molar-refractivity contribution in [2.24, 2.45) is 17.3 Å². The number of unbranched alkanes of at least 4 members (excludes halogenated alkanes) is 3. The summed E-state index contributed by atoms with van der Waals surface area (Å²) in [5, 5.41) is 21.2. The molecule has 0 aromatic carbocycles. The van der Waals surface area contributed by atoms with Crippen LogP contribution in [-0.4, -0.2) is 47.6 Å². The molecule has 0 saturated heterocycles. The van der Waals surface area contributed by atoms with E-state index in [-0.39, 0.29) is 29.9 Å². The summed E-state index contributed by atoms with van der Waals surface area (Å²) in [7, 11) is 0. The summed E-state index contributed by atoms with van der Waals surface area (Å²) in [5.41, 5.74) is -0.897. The molecule has 5 atom stereocenters. The first-order chi connectivity index (χ1) is 14.8. The second-order valence-corrected chi connectivity index (χ2v) is 9.18. The van der Waals surface area contributed by atoms with Gasteiger partial charge in [-0.05, 0) is 64.7 Å². The van der Waals surface area contributed by atoms with Crippen molar-refractivity contribution in [2.75, 3.05) is 13.2 Å². The maximum atomic E-state index is 13.0. The Labute approximate surface area is 189 Å². The van der Waals surface area contributed by atoms with Gasteiger partial charge in [-0.3, -0.25) is 9.59 Å². The van der Waals surface area contributed by atoms with Crippen LogP contribution in [0.4, 0.5) is 0 Å². The number of esters is 2. The largest absolute Gasteiger partial charge is 0.466 e. The second-order valence-electron chi connectivity index (χ2n) is 9.18. The minimum Gasteiger partial charge on any atom is -0.466 e. The van der Waals surface area contributed by atoms with Gasteiger partial charge in [0.2, 0.25) is 0 Å². The van der Waals surface area contributed by atoms with E-state index in [4.69, 9.17) is 9.47 Å². The number of hydrogen-bond donors (Lipinski definition) is 2. The summed E-state index contributed by atoms with van der Waals surface area (Å²) in [6.45, 7) is 8.28. The Bertz CT molecular complexity index is 522. The molecule has 0 aromatic heterocycles. The average Bonchev–Trinajstić information content (AvgIpc) is 3.06. The normalized spacial score (nSPS) is 25.2. The van der Waals surface area contributed by atoms with E-state index in [1.165, 1.54) is 0 Å². The molecule has 1 aliphatic carbocycles. The topological polar surface area (TPSA) is 93.1 Å². The molecule has 31 heavy (non-hydrogen) atoms. The van der Waals surface area contributed by atoms with Crippen LogP contribution in [0.1, 0.15) is 105 Å². The van der Waals surface area contributed by atoms with Crippen molar-refractivity contribution in [1.29, 1.82) is 0 Å². The zero-order valence-corrected chi connectivity index (χ0v) is 20.2. The van der Waals surface area contributed by atoms with Gasteiger partial charge in [-0.25, -0.2) is 0 Å². The second kappa shape index (κ2) is 14.8. The predicted molar refractivity (Wildman–Crippen MR) is 121 cm³/mol. The van der Waals surface area contributed by atoms with Gasteiger partial charge in [0.1, 0.15) is 0 Å². The molecule has 0 radical (unpaired) electrons. The molecule has 182 valence electrons. The number of aliphatic hydroxyl groups is 2. The fourth-order valence-electron chi connectivity index (χ4n) is 5.03. The quantitative estimate of drug-likeness (QED) is 0.264. The molecule has 2 N–H and O–H groups in total. The van der Waals surface area contributed by atoms with E-state index in [2.05, 4.69) is 6.92 Å². The summed E-state index contributed by atoms with van der Waals surface area (Å²) in [6.07, 6.45) is 8.54. The van der Waals surface area contributed by atoms with Crippen LogP contribution < -0.4 is 0 Å². The number of carbonyl (C=O) groups excluding carboxylic acids is 2. The lowest BCUT2D eigenvalue weighted by Gasteiger charge is -2.36. The molecule has 0 aliphatic heterocycles. The molecule has 0 spiro atoms. The predicted octanol–water partition coefficient (Wildman–Crippen LogP) is 4.79. The molecule has 0 amide bonds. The molecule has 0 bridgehead atoms. The summed E-state index contributed by atoms with van der Waals surface area (Å²) >= 11 is 0. The molecule has 1 saturated carbocycles. The third-order valence-corrected chi connectivity index (χ3v) is 6.92. The molecule has 5 unspecified atom stereocenters. The molecular weight excluding hydrogens is 396 g/mol. The maximum absolute atomic E-state index is 13.0. The number of hydrogen-bond acceptors (Lipinski definition) is 6. The Kier molecular flexibility index (Phi) is 13.3. The van der Waals surface area contributed by atoms with E-state index >= 15 is 0 Å². The SMILES string of the molecule is CCCCCC(O)CCC1CCC(O)C1(CCCCC(C)C(=O)OCC)C(=O)OCC. The van der Waals surface area contributed by atoms with Crippen LogP contribution in [0, 0.1) is 17.3 Å². The van der Waals surface area contributed by atoms with Crippen molar-refractivity contribution >= 4 is 11.9 Å². The van der Waals surface area contributed by atoms with Crippen molar-refractivity contribution in [3.05, 3.63) is 0 Å². The lowest BCUT2D eigenvalue weighted by atomic mass is 9.70.